The van der Waals surface area contributed by atoms with Crippen LogP contribution in [0.3, 0.4) is 0 Å². The van der Waals surface area contributed by atoms with Crippen LogP contribution in [-0.2, 0) is 14.8 Å². The summed E-state index contributed by atoms with van der Waals surface area (Å²) in [6.45, 7) is 0.596. The van der Waals surface area contributed by atoms with Gasteiger partial charge in [0.05, 0.1) is 22.5 Å². The Hall–Kier alpha value is -2.57. The van der Waals surface area contributed by atoms with Crippen LogP contribution in [0, 0.1) is 0 Å². The molecule has 1 aliphatic heterocycles. The molecule has 0 saturated carbocycles. The first-order valence-corrected chi connectivity index (χ1v) is 12.6. The third-order valence-corrected chi connectivity index (χ3v) is 7.36. The third kappa shape index (κ3) is 5.77. The first-order valence-electron chi connectivity index (χ1n) is 9.89. The summed E-state index contributed by atoms with van der Waals surface area (Å²) in [6.07, 6.45) is 2.83. The number of amides is 1. The van der Waals surface area contributed by atoms with E-state index in [-0.39, 0.29) is 18.3 Å². The Labute approximate surface area is 184 Å². The molecule has 2 aromatic rings. The van der Waals surface area contributed by atoms with E-state index in [0.717, 1.165) is 11.0 Å². The number of ketones is 1. The Morgan fingerprint density at radius 2 is 2.10 bits per heavy atom. The maximum Gasteiger partial charge on any atom is 0.239 e. The summed E-state index contributed by atoms with van der Waals surface area (Å²) < 4.78 is 26.0. The predicted octanol–water partition coefficient (Wildman–Crippen LogP) is 0.441. The van der Waals surface area contributed by atoms with Gasteiger partial charge in [-0.25, -0.2) is 13.4 Å². The van der Waals surface area contributed by atoms with E-state index in [4.69, 9.17) is 11.5 Å². The van der Waals surface area contributed by atoms with Gasteiger partial charge in [-0.2, -0.15) is 4.31 Å². The molecule has 5 N–H and O–H groups in total. The highest BCUT2D eigenvalue weighted by Crippen LogP contribution is 2.24. The Bertz CT molecular complexity index is 1060. The fraction of sp³-hybridized carbons (Fsp3) is 0.474. The van der Waals surface area contributed by atoms with Crippen molar-refractivity contribution < 1.29 is 18.0 Å². The number of benzene rings is 1. The smallest absolute Gasteiger partial charge is 0.239 e. The third-order valence-electron chi connectivity index (χ3n) is 5.02. The van der Waals surface area contributed by atoms with Crippen molar-refractivity contribution in [3.63, 3.8) is 0 Å². The van der Waals surface area contributed by atoms with Gasteiger partial charge in [0.25, 0.3) is 0 Å². The van der Waals surface area contributed by atoms with E-state index in [1.165, 1.54) is 15.6 Å². The lowest BCUT2D eigenvalue weighted by molar-refractivity contribution is -0.124. The highest BCUT2D eigenvalue weighted by atomic mass is 32.2. The summed E-state index contributed by atoms with van der Waals surface area (Å²) in [5, 5.41) is 3.04. The molecule has 0 radical (unpaired) electrons. The molecule has 0 aliphatic carbocycles. The number of nitrogens with zero attached hydrogens (tertiary/aromatic N) is 3. The monoisotopic (exact) mass is 466 g/mol. The Balaban J connectivity index is 1.79. The zero-order chi connectivity index (χ0) is 22.6. The van der Waals surface area contributed by atoms with E-state index < -0.39 is 28.0 Å². The number of carbonyl (C=O) groups excluding carboxylic acids is 2. The van der Waals surface area contributed by atoms with E-state index in [9.17, 15) is 18.0 Å². The van der Waals surface area contributed by atoms with Gasteiger partial charge in [-0.05, 0) is 37.8 Å². The van der Waals surface area contributed by atoms with Gasteiger partial charge in [-0.15, -0.1) is 11.3 Å². The zero-order valence-corrected chi connectivity index (χ0v) is 18.8. The first kappa shape index (κ1) is 23.1. The van der Waals surface area contributed by atoms with Crippen LogP contribution in [-0.4, -0.2) is 66.8 Å². The maximum atomic E-state index is 13.2. The zero-order valence-electron chi connectivity index (χ0n) is 17.2. The van der Waals surface area contributed by atoms with Crippen molar-refractivity contribution in [2.75, 3.05) is 19.3 Å². The molecular weight excluding hydrogens is 440 g/mol. The molecule has 2 atom stereocenters. The molecule has 2 heterocycles. The van der Waals surface area contributed by atoms with Gasteiger partial charge in [0, 0.05) is 13.1 Å². The number of Topliss-reactive ketones (excluding diaryl/α,β-unsaturated/α-hetero) is 1. The normalized spacial score (nSPS) is 18.0. The summed E-state index contributed by atoms with van der Waals surface area (Å²) >= 11 is 1.26. The van der Waals surface area contributed by atoms with Crippen LogP contribution in [0.4, 0.5) is 0 Å². The van der Waals surface area contributed by atoms with Crippen LogP contribution in [0.25, 0.3) is 10.2 Å². The number of sulfonamides is 1. The summed E-state index contributed by atoms with van der Waals surface area (Å²) in [6, 6.07) is 5.71. The lowest BCUT2D eigenvalue weighted by atomic mass is 10.1. The number of nitrogens with one attached hydrogen (secondary N) is 1. The minimum Gasteiger partial charge on any atom is -0.370 e. The maximum absolute atomic E-state index is 13.2. The second-order valence-electron chi connectivity index (χ2n) is 7.39. The predicted molar refractivity (Wildman–Crippen MR) is 120 cm³/mol. The molecule has 1 saturated heterocycles. The molecule has 3 rings (SSSR count). The van der Waals surface area contributed by atoms with Gasteiger partial charge in [0.15, 0.2) is 11.0 Å². The molecule has 1 aromatic carbocycles. The van der Waals surface area contributed by atoms with Crippen LogP contribution in [0.1, 0.15) is 35.5 Å². The number of aliphatic imine (C=N–C) groups is 1. The number of guanidine groups is 1. The highest BCUT2D eigenvalue weighted by molar-refractivity contribution is 7.88. The lowest BCUT2D eigenvalue weighted by Crippen LogP contribution is -2.50. The number of rotatable bonds is 9. The van der Waals surface area contributed by atoms with Crippen LogP contribution in [0.5, 0.6) is 0 Å². The van der Waals surface area contributed by atoms with E-state index in [0.29, 0.717) is 42.8 Å². The average molecular weight is 467 g/mol. The topological polar surface area (TPSA) is 161 Å². The second-order valence-corrected chi connectivity index (χ2v) is 10.4. The summed E-state index contributed by atoms with van der Waals surface area (Å²) in [5.74, 6) is -0.847. The Morgan fingerprint density at radius 1 is 1.35 bits per heavy atom. The standard InChI is InChI=1S/C19H26N6O4S2/c1-31(28,29)25-11-5-8-14(25)17(27)23-13(7-4-10-22-19(20)21)16(26)18-24-12-6-2-3-9-15(12)30-18/h2-3,6,9,13-14H,4-5,7-8,10-11H2,1H3,(H,23,27)(H4,20,21,22)/t13-,14-/m0/s1. The molecule has 0 unspecified atom stereocenters. The number of para-hydroxylation sites is 1. The van der Waals surface area contributed by atoms with E-state index >= 15 is 0 Å². The Morgan fingerprint density at radius 3 is 2.77 bits per heavy atom. The minimum absolute atomic E-state index is 0.0483. The second kappa shape index (κ2) is 9.71. The molecule has 1 aliphatic rings. The number of aromatic nitrogens is 1. The van der Waals surface area contributed by atoms with Crippen molar-refractivity contribution in [3.05, 3.63) is 29.3 Å². The van der Waals surface area contributed by atoms with Gasteiger partial charge in [-0.1, -0.05) is 12.1 Å². The van der Waals surface area contributed by atoms with Gasteiger partial charge < -0.3 is 16.8 Å². The minimum atomic E-state index is -3.52. The SMILES string of the molecule is CS(=O)(=O)N1CCC[C@H]1C(=O)N[C@@H](CCCN=C(N)N)C(=O)c1nc2ccccc2s1. The number of hydrogen-bond donors (Lipinski definition) is 3. The van der Waals surface area contributed by atoms with Crippen molar-refractivity contribution in [3.8, 4) is 0 Å². The number of hydrogen-bond acceptors (Lipinski definition) is 7. The highest BCUT2D eigenvalue weighted by Gasteiger charge is 2.38. The quantitative estimate of drug-likeness (QED) is 0.209. The van der Waals surface area contributed by atoms with Gasteiger partial charge in [-0.3, -0.25) is 14.6 Å². The molecule has 0 bridgehead atoms. The molecular formula is C19H26N6O4S2. The van der Waals surface area contributed by atoms with Crippen LogP contribution >= 0.6 is 11.3 Å². The largest absolute Gasteiger partial charge is 0.370 e. The molecule has 168 valence electrons. The van der Waals surface area contributed by atoms with Gasteiger partial charge in [0.1, 0.15) is 6.04 Å². The molecule has 1 fully saturated rings. The number of carbonyl (C=O) groups is 2. The van der Waals surface area contributed by atoms with Gasteiger partial charge in [0.2, 0.25) is 21.7 Å². The summed E-state index contributed by atoms with van der Waals surface area (Å²) in [4.78, 5) is 34.4. The fourth-order valence-electron chi connectivity index (χ4n) is 3.57. The van der Waals surface area contributed by atoms with E-state index in [1.54, 1.807) is 0 Å². The average Bonchev–Trinajstić information content (AvgIpc) is 3.36. The van der Waals surface area contributed by atoms with Crippen molar-refractivity contribution in [2.45, 2.75) is 37.8 Å². The van der Waals surface area contributed by atoms with Crippen molar-refractivity contribution in [2.24, 2.45) is 16.5 Å². The number of nitrogens with two attached hydrogens (primary N) is 2. The van der Waals surface area contributed by atoms with E-state index in [2.05, 4.69) is 15.3 Å². The van der Waals surface area contributed by atoms with Crippen molar-refractivity contribution >= 4 is 49.2 Å². The molecule has 31 heavy (non-hydrogen) atoms. The molecule has 10 nitrogen and oxygen atoms in total. The Kier molecular flexibility index (Phi) is 7.23. The number of fused-ring (bicyclic) bond motifs is 1. The van der Waals surface area contributed by atoms with Crippen LogP contribution < -0.4 is 16.8 Å². The molecule has 1 amide bonds. The van der Waals surface area contributed by atoms with Crippen molar-refractivity contribution in [1.82, 2.24) is 14.6 Å². The molecule has 1 aromatic heterocycles. The summed E-state index contributed by atoms with van der Waals surface area (Å²) in [7, 11) is -3.52. The first-order chi connectivity index (χ1) is 14.7. The van der Waals surface area contributed by atoms with Crippen LogP contribution in [0.15, 0.2) is 29.3 Å². The van der Waals surface area contributed by atoms with E-state index in [1.807, 2.05) is 24.3 Å². The van der Waals surface area contributed by atoms with Crippen molar-refractivity contribution in [1.29, 1.82) is 0 Å². The number of thiazole rings is 1. The lowest BCUT2D eigenvalue weighted by Gasteiger charge is -2.24. The fourth-order valence-corrected chi connectivity index (χ4v) is 5.65. The molecule has 12 heteroatoms. The van der Waals surface area contributed by atoms with Crippen LogP contribution in [0.2, 0.25) is 0 Å². The molecule has 0 spiro atoms. The van der Waals surface area contributed by atoms with Gasteiger partial charge >= 0.3 is 0 Å². The summed E-state index contributed by atoms with van der Waals surface area (Å²) in [5.41, 5.74) is 11.4.